The summed E-state index contributed by atoms with van der Waals surface area (Å²) in [6.07, 6.45) is 3.43. The summed E-state index contributed by atoms with van der Waals surface area (Å²) in [4.78, 5) is 12.6. The average molecular weight is 316 g/mol. The Hall–Kier alpha value is -1.64. The summed E-state index contributed by atoms with van der Waals surface area (Å²) in [7, 11) is 0. The quantitative estimate of drug-likeness (QED) is 0.878. The minimum Gasteiger partial charge on any atom is -0.321 e. The summed E-state index contributed by atoms with van der Waals surface area (Å²) in [5, 5.41) is 0. The zero-order valence-electron chi connectivity index (χ0n) is 12.6. The molecule has 1 aliphatic carbocycles. The minimum atomic E-state index is -0.321. The van der Waals surface area contributed by atoms with Gasteiger partial charge in [0.2, 0.25) is 0 Å². The number of aryl methyl sites for hydroxylation is 2. The van der Waals surface area contributed by atoms with Crippen molar-refractivity contribution in [1.29, 1.82) is 0 Å². The van der Waals surface area contributed by atoms with Crippen LogP contribution in [0.5, 0.6) is 0 Å². The third-order valence-corrected chi connectivity index (χ3v) is 4.43. The third-order valence-electron chi connectivity index (χ3n) is 4.43. The summed E-state index contributed by atoms with van der Waals surface area (Å²) in [5.74, 6) is 0.148. The fourth-order valence-corrected chi connectivity index (χ4v) is 3.22. The van der Waals surface area contributed by atoms with Gasteiger partial charge in [0, 0.05) is 5.92 Å². The molecule has 0 amide bonds. The number of rotatable bonds is 3. The molecule has 2 aromatic rings. The monoisotopic (exact) mass is 315 g/mol. The summed E-state index contributed by atoms with van der Waals surface area (Å²) in [5.41, 5.74) is 9.82. The second kappa shape index (κ2) is 7.57. The number of Topliss-reactive ketones (excluding diaryl/α,β-unsaturated/α-hetero) is 1. The first-order valence-electron chi connectivity index (χ1n) is 7.67. The highest BCUT2D eigenvalue weighted by Gasteiger charge is 2.30. The molecule has 0 heterocycles. The van der Waals surface area contributed by atoms with Gasteiger partial charge in [0.1, 0.15) is 0 Å². The van der Waals surface area contributed by atoms with Crippen molar-refractivity contribution in [3.05, 3.63) is 71.3 Å². The number of benzene rings is 2. The van der Waals surface area contributed by atoms with Crippen LogP contribution in [0.25, 0.3) is 0 Å². The van der Waals surface area contributed by atoms with Crippen molar-refractivity contribution >= 4 is 18.2 Å². The van der Waals surface area contributed by atoms with E-state index in [-0.39, 0.29) is 30.2 Å². The Kier molecular flexibility index (Phi) is 5.76. The first-order chi connectivity index (χ1) is 10.3. The Morgan fingerprint density at radius 3 is 2.45 bits per heavy atom. The molecule has 22 heavy (non-hydrogen) atoms. The van der Waals surface area contributed by atoms with E-state index < -0.39 is 0 Å². The molecule has 0 bridgehead atoms. The van der Waals surface area contributed by atoms with E-state index >= 15 is 0 Å². The maximum Gasteiger partial charge on any atom is 0.156 e. The predicted octanol–water partition coefficient (Wildman–Crippen LogP) is 3.67. The molecule has 2 unspecified atom stereocenters. The number of nitrogens with two attached hydrogens (primary N) is 1. The molecular formula is C19H22ClNO. The first kappa shape index (κ1) is 16.7. The number of halogens is 1. The number of carbonyl (C=O) groups excluding carboxylic acids is 1. The van der Waals surface area contributed by atoms with Crippen LogP contribution in [0, 0.1) is 0 Å². The van der Waals surface area contributed by atoms with Crippen molar-refractivity contribution in [1.82, 2.24) is 0 Å². The van der Waals surface area contributed by atoms with Gasteiger partial charge < -0.3 is 5.73 Å². The number of hydrogen-bond acceptors (Lipinski definition) is 2. The Bertz CT molecular complexity index is 626. The van der Waals surface area contributed by atoms with Gasteiger partial charge in [0.25, 0.3) is 0 Å². The largest absolute Gasteiger partial charge is 0.321 e. The number of ketones is 1. The molecule has 0 spiro atoms. The van der Waals surface area contributed by atoms with Crippen LogP contribution in [0.1, 0.15) is 35.4 Å². The highest BCUT2D eigenvalue weighted by molar-refractivity contribution is 5.91. The first-order valence-corrected chi connectivity index (χ1v) is 7.67. The van der Waals surface area contributed by atoms with Gasteiger partial charge >= 0.3 is 0 Å². The molecule has 116 valence electrons. The van der Waals surface area contributed by atoms with Crippen LogP contribution in [0.15, 0.2) is 54.6 Å². The number of hydrogen-bond donors (Lipinski definition) is 1. The highest BCUT2D eigenvalue weighted by atomic mass is 35.5. The van der Waals surface area contributed by atoms with E-state index in [0.29, 0.717) is 0 Å². The van der Waals surface area contributed by atoms with Crippen LogP contribution in [-0.2, 0) is 17.6 Å². The van der Waals surface area contributed by atoms with Crippen molar-refractivity contribution in [3.8, 4) is 0 Å². The maximum atomic E-state index is 12.6. The van der Waals surface area contributed by atoms with E-state index in [0.717, 1.165) is 25.7 Å². The zero-order valence-corrected chi connectivity index (χ0v) is 13.4. The van der Waals surface area contributed by atoms with Crippen molar-refractivity contribution in [3.63, 3.8) is 0 Å². The van der Waals surface area contributed by atoms with Gasteiger partial charge in [-0.25, -0.2) is 0 Å². The van der Waals surface area contributed by atoms with Crippen molar-refractivity contribution < 1.29 is 4.79 Å². The fraction of sp³-hybridized carbons (Fsp3) is 0.316. The Labute approximate surface area is 138 Å². The van der Waals surface area contributed by atoms with E-state index in [1.807, 2.05) is 24.3 Å². The molecule has 0 saturated heterocycles. The van der Waals surface area contributed by atoms with Crippen LogP contribution in [-0.4, -0.2) is 11.8 Å². The Morgan fingerprint density at radius 2 is 1.68 bits per heavy atom. The average Bonchev–Trinajstić information content (AvgIpc) is 2.65. The van der Waals surface area contributed by atoms with Crippen molar-refractivity contribution in [2.75, 3.05) is 0 Å². The molecule has 2 nitrogen and oxygen atoms in total. The standard InChI is InChI=1S/C19H21NO.ClH/c20-18-13-11-15-8-4-5-9-16(15)17(19(18)21)12-10-14-6-2-1-3-7-14;/h1-9,17-18H,10-13,20H2;1H. The number of fused-ring (bicyclic) bond motifs is 1. The predicted molar refractivity (Wildman–Crippen MR) is 92.5 cm³/mol. The summed E-state index contributed by atoms with van der Waals surface area (Å²) in [6.45, 7) is 0. The smallest absolute Gasteiger partial charge is 0.156 e. The minimum absolute atomic E-state index is 0. The molecule has 0 radical (unpaired) electrons. The van der Waals surface area contributed by atoms with Crippen LogP contribution in [0.2, 0.25) is 0 Å². The molecule has 0 saturated carbocycles. The lowest BCUT2D eigenvalue weighted by molar-refractivity contribution is -0.121. The van der Waals surface area contributed by atoms with Crippen LogP contribution >= 0.6 is 12.4 Å². The molecule has 0 aromatic heterocycles. The van der Waals surface area contributed by atoms with Crippen LogP contribution in [0.4, 0.5) is 0 Å². The van der Waals surface area contributed by atoms with Crippen molar-refractivity contribution in [2.24, 2.45) is 5.73 Å². The van der Waals surface area contributed by atoms with Crippen LogP contribution < -0.4 is 5.73 Å². The normalized spacial score (nSPS) is 20.7. The van der Waals surface area contributed by atoms with E-state index in [9.17, 15) is 4.79 Å². The van der Waals surface area contributed by atoms with E-state index in [1.54, 1.807) is 0 Å². The maximum absolute atomic E-state index is 12.6. The zero-order chi connectivity index (χ0) is 14.7. The van der Waals surface area contributed by atoms with Gasteiger partial charge in [-0.15, -0.1) is 12.4 Å². The molecule has 0 aliphatic heterocycles. The third kappa shape index (κ3) is 3.57. The number of carbonyl (C=O) groups is 1. The second-order valence-corrected chi connectivity index (χ2v) is 5.82. The van der Waals surface area contributed by atoms with Gasteiger partial charge in [-0.3, -0.25) is 4.79 Å². The van der Waals surface area contributed by atoms with Gasteiger partial charge in [-0.2, -0.15) is 0 Å². The SMILES string of the molecule is Cl.NC1CCc2ccccc2C(CCc2ccccc2)C1=O. The topological polar surface area (TPSA) is 43.1 Å². The van der Waals surface area contributed by atoms with E-state index in [4.69, 9.17) is 5.73 Å². The molecule has 1 aliphatic rings. The highest BCUT2D eigenvalue weighted by Crippen LogP contribution is 2.31. The molecule has 2 N–H and O–H groups in total. The molecule has 3 heteroatoms. The van der Waals surface area contributed by atoms with Gasteiger partial charge in [0.15, 0.2) is 5.78 Å². The summed E-state index contributed by atoms with van der Waals surface area (Å²) in [6, 6.07) is 18.3. The Balaban J connectivity index is 0.00000176. The lowest BCUT2D eigenvalue weighted by atomic mass is 9.86. The molecule has 0 fully saturated rings. The van der Waals surface area contributed by atoms with Gasteiger partial charge in [-0.05, 0) is 42.4 Å². The molecule has 2 atom stereocenters. The molecule has 2 aromatic carbocycles. The van der Waals surface area contributed by atoms with E-state index in [1.165, 1.54) is 16.7 Å². The second-order valence-electron chi connectivity index (χ2n) is 5.82. The molecular weight excluding hydrogens is 294 g/mol. The van der Waals surface area contributed by atoms with Crippen molar-refractivity contribution in [2.45, 2.75) is 37.6 Å². The lowest BCUT2D eigenvalue weighted by Crippen LogP contribution is -2.33. The fourth-order valence-electron chi connectivity index (χ4n) is 3.22. The summed E-state index contributed by atoms with van der Waals surface area (Å²) < 4.78 is 0. The Morgan fingerprint density at radius 1 is 1.00 bits per heavy atom. The lowest BCUT2D eigenvalue weighted by Gasteiger charge is -2.18. The van der Waals surface area contributed by atoms with E-state index in [2.05, 4.69) is 30.3 Å². The molecule has 3 rings (SSSR count). The van der Waals surface area contributed by atoms with Crippen LogP contribution in [0.3, 0.4) is 0 Å². The summed E-state index contributed by atoms with van der Waals surface area (Å²) >= 11 is 0. The van der Waals surface area contributed by atoms with Gasteiger partial charge in [0.05, 0.1) is 6.04 Å². The van der Waals surface area contributed by atoms with Gasteiger partial charge in [-0.1, -0.05) is 54.6 Å².